The van der Waals surface area contributed by atoms with E-state index in [1.165, 1.54) is 22.8 Å². The first kappa shape index (κ1) is 24.9. The van der Waals surface area contributed by atoms with Gasteiger partial charge in [0.05, 0.1) is 12.3 Å². The average Bonchev–Trinajstić information content (AvgIpc) is 2.71. The molecule has 0 aliphatic carbocycles. The summed E-state index contributed by atoms with van der Waals surface area (Å²) < 4.78 is 5.01. The lowest BCUT2D eigenvalue weighted by Gasteiger charge is -2.37. The molecule has 1 saturated heterocycles. The zero-order chi connectivity index (χ0) is 19.3. The van der Waals surface area contributed by atoms with Crippen molar-refractivity contribution in [3.05, 3.63) is 24.3 Å². The lowest BCUT2D eigenvalue weighted by Crippen LogP contribution is -2.46. The van der Waals surface area contributed by atoms with Crippen LogP contribution in [0, 0.1) is 0 Å². The normalized spacial score (nSPS) is 14.4. The number of nitrogens with one attached hydrogen (secondary N) is 1. The molecule has 1 aromatic rings. The van der Waals surface area contributed by atoms with E-state index in [-0.39, 0.29) is 18.5 Å². The summed E-state index contributed by atoms with van der Waals surface area (Å²) in [6.07, 6.45) is 3.89. The maximum Gasteiger partial charge on any atom is 0.407 e. The molecule has 0 atom stereocenters. The highest BCUT2D eigenvalue weighted by Gasteiger charge is 2.18. The van der Waals surface area contributed by atoms with Gasteiger partial charge in [0.2, 0.25) is 0 Å². The number of nitrogens with zero attached hydrogens (tertiary/aromatic N) is 2. The van der Waals surface area contributed by atoms with Gasteiger partial charge in [0, 0.05) is 37.6 Å². The van der Waals surface area contributed by atoms with Gasteiger partial charge < -0.3 is 15.0 Å². The molecule has 1 aliphatic heterocycles. The monoisotopic (exact) mass is 429 g/mol. The summed E-state index contributed by atoms with van der Waals surface area (Å²) in [5.41, 5.74) is 1.39. The molecule has 28 heavy (non-hydrogen) atoms. The van der Waals surface area contributed by atoms with Crippen molar-refractivity contribution in [2.24, 2.45) is 0 Å². The van der Waals surface area contributed by atoms with E-state index in [0.717, 1.165) is 52.0 Å². The van der Waals surface area contributed by atoms with E-state index in [4.69, 9.17) is 4.74 Å². The van der Waals surface area contributed by atoms with E-state index >= 15 is 0 Å². The van der Waals surface area contributed by atoms with Gasteiger partial charge in [-0.15, -0.1) is 24.2 Å². The molecule has 1 heterocycles. The topological polar surface area (TPSA) is 44.8 Å². The van der Waals surface area contributed by atoms with Gasteiger partial charge in [-0.1, -0.05) is 26.0 Å². The zero-order valence-electron chi connectivity index (χ0n) is 17.3. The molecule has 1 amide bonds. The van der Waals surface area contributed by atoms with E-state index in [0.29, 0.717) is 13.2 Å². The Bertz CT molecular complexity index is 554. The van der Waals surface area contributed by atoms with Crippen LogP contribution in [0.3, 0.4) is 0 Å². The lowest BCUT2D eigenvalue weighted by molar-refractivity contribution is 0.146. The fraction of sp³-hybridized carbons (Fsp3) is 0.667. The summed E-state index contributed by atoms with van der Waals surface area (Å²) in [4.78, 5) is 17.9. The van der Waals surface area contributed by atoms with Crippen molar-refractivity contribution in [1.82, 2.24) is 10.2 Å². The minimum absolute atomic E-state index is 0. The van der Waals surface area contributed by atoms with Crippen molar-refractivity contribution in [1.29, 1.82) is 0 Å². The molecular weight excluding hydrogens is 394 g/mol. The number of piperazine rings is 1. The van der Waals surface area contributed by atoms with Crippen LogP contribution in [0.2, 0.25) is 0 Å². The number of thioether (sulfide) groups is 1. The lowest BCUT2D eigenvalue weighted by atomic mass is 10.2. The molecule has 1 aromatic carbocycles. The number of halogens is 1. The Balaban J connectivity index is 0.00000392. The molecule has 0 unspecified atom stereocenters. The summed E-state index contributed by atoms with van der Waals surface area (Å²) >= 11 is 1.97. The highest BCUT2D eigenvalue weighted by Crippen LogP contribution is 2.31. The summed E-state index contributed by atoms with van der Waals surface area (Å²) in [6, 6.07) is 8.80. The van der Waals surface area contributed by atoms with Gasteiger partial charge in [-0.25, -0.2) is 4.79 Å². The third kappa shape index (κ3) is 8.93. The molecule has 1 aliphatic rings. The van der Waals surface area contributed by atoms with Crippen molar-refractivity contribution >= 4 is 35.9 Å². The molecule has 160 valence electrons. The maximum atomic E-state index is 11.4. The second-order valence-electron chi connectivity index (χ2n) is 6.91. The number of hydrogen-bond acceptors (Lipinski definition) is 5. The van der Waals surface area contributed by atoms with E-state index in [1.807, 2.05) is 18.7 Å². The van der Waals surface area contributed by atoms with Crippen molar-refractivity contribution in [3.63, 3.8) is 0 Å². The fourth-order valence-corrected chi connectivity index (χ4v) is 4.11. The van der Waals surface area contributed by atoms with Crippen LogP contribution in [0.15, 0.2) is 29.2 Å². The van der Waals surface area contributed by atoms with Gasteiger partial charge in [-0.3, -0.25) is 4.90 Å². The Morgan fingerprint density at radius 1 is 1.11 bits per heavy atom. The van der Waals surface area contributed by atoms with Gasteiger partial charge in [-0.2, -0.15) is 0 Å². The molecule has 2 rings (SSSR count). The molecule has 1 N–H and O–H groups in total. The average molecular weight is 430 g/mol. The second-order valence-corrected chi connectivity index (χ2v) is 8.05. The molecule has 0 aromatic heterocycles. The molecule has 0 radical (unpaired) electrons. The number of alkyl carbamates (subject to hydrolysis) is 1. The van der Waals surface area contributed by atoms with Crippen LogP contribution in [-0.4, -0.2) is 62.6 Å². The fourth-order valence-electron chi connectivity index (χ4n) is 3.16. The first-order valence-corrected chi connectivity index (χ1v) is 11.3. The SMILES string of the molecule is CCCOC(=O)NCCCCN1CCN(c2ccccc2SCCC)CC1.Cl. The van der Waals surface area contributed by atoms with Crippen LogP contribution < -0.4 is 10.2 Å². The highest BCUT2D eigenvalue weighted by molar-refractivity contribution is 7.99. The molecule has 5 nitrogen and oxygen atoms in total. The van der Waals surface area contributed by atoms with Gasteiger partial charge >= 0.3 is 6.09 Å². The molecule has 7 heteroatoms. The number of amides is 1. The Hall–Kier alpha value is -1.11. The number of anilines is 1. The predicted octanol–water partition coefficient (Wildman–Crippen LogP) is 4.65. The third-order valence-electron chi connectivity index (χ3n) is 4.65. The minimum Gasteiger partial charge on any atom is -0.450 e. The number of para-hydroxylation sites is 1. The molecule has 1 fully saturated rings. The molecule has 0 saturated carbocycles. The standard InChI is InChI=1S/C21H35N3O2S.ClH/c1-3-17-26-21(25)22-11-7-8-12-23-13-15-24(16-14-23)19-9-5-6-10-20(19)27-18-4-2;/h5-6,9-10H,3-4,7-8,11-18H2,1-2H3,(H,22,25);1H. The van der Waals surface area contributed by atoms with Gasteiger partial charge in [0.25, 0.3) is 0 Å². The minimum atomic E-state index is -0.287. The first-order valence-electron chi connectivity index (χ1n) is 10.3. The van der Waals surface area contributed by atoms with Gasteiger partial charge in [-0.05, 0) is 50.1 Å². The number of benzene rings is 1. The van der Waals surface area contributed by atoms with Crippen LogP contribution >= 0.6 is 24.2 Å². The van der Waals surface area contributed by atoms with Crippen molar-refractivity contribution in [2.75, 3.05) is 56.5 Å². The van der Waals surface area contributed by atoms with E-state index < -0.39 is 0 Å². The summed E-state index contributed by atoms with van der Waals surface area (Å²) in [7, 11) is 0. The van der Waals surface area contributed by atoms with Crippen LogP contribution in [0.1, 0.15) is 39.5 Å². The van der Waals surface area contributed by atoms with Crippen LogP contribution in [0.4, 0.5) is 10.5 Å². The van der Waals surface area contributed by atoms with Gasteiger partial charge in [0.15, 0.2) is 0 Å². The Kier molecular flexibility index (Phi) is 13.2. The number of ether oxygens (including phenoxy) is 1. The van der Waals surface area contributed by atoms with E-state index in [1.54, 1.807) is 0 Å². The highest BCUT2D eigenvalue weighted by atomic mass is 35.5. The summed E-state index contributed by atoms with van der Waals surface area (Å²) in [5, 5.41) is 2.82. The maximum absolute atomic E-state index is 11.4. The quantitative estimate of drug-likeness (QED) is 0.409. The first-order chi connectivity index (χ1) is 13.2. The van der Waals surface area contributed by atoms with Crippen molar-refractivity contribution in [2.45, 2.75) is 44.4 Å². The number of hydrogen-bond donors (Lipinski definition) is 1. The Morgan fingerprint density at radius 2 is 1.86 bits per heavy atom. The van der Waals surface area contributed by atoms with Gasteiger partial charge in [0.1, 0.15) is 0 Å². The van der Waals surface area contributed by atoms with Crippen LogP contribution in [0.5, 0.6) is 0 Å². The van der Waals surface area contributed by atoms with E-state index in [2.05, 4.69) is 46.3 Å². The zero-order valence-corrected chi connectivity index (χ0v) is 19.0. The Morgan fingerprint density at radius 3 is 2.57 bits per heavy atom. The predicted molar refractivity (Wildman–Crippen MR) is 122 cm³/mol. The summed E-state index contributed by atoms with van der Waals surface area (Å²) in [6.45, 7) is 10.9. The van der Waals surface area contributed by atoms with E-state index in [9.17, 15) is 4.79 Å². The van der Waals surface area contributed by atoms with Crippen molar-refractivity contribution < 1.29 is 9.53 Å². The molecule has 0 bridgehead atoms. The molecule has 0 spiro atoms. The number of carbonyl (C=O) groups excluding carboxylic acids is 1. The summed E-state index contributed by atoms with van der Waals surface area (Å²) in [5.74, 6) is 1.18. The smallest absolute Gasteiger partial charge is 0.407 e. The largest absolute Gasteiger partial charge is 0.450 e. The van der Waals surface area contributed by atoms with Crippen LogP contribution in [0.25, 0.3) is 0 Å². The number of rotatable bonds is 11. The van der Waals surface area contributed by atoms with Crippen molar-refractivity contribution in [3.8, 4) is 0 Å². The third-order valence-corrected chi connectivity index (χ3v) is 5.92. The molecular formula is C21H36ClN3O2S. The number of carbonyl (C=O) groups is 1. The second kappa shape index (κ2) is 14.8. The Labute approximate surface area is 181 Å². The van der Waals surface area contributed by atoms with Crippen LogP contribution in [-0.2, 0) is 4.74 Å². The number of unbranched alkanes of at least 4 members (excludes halogenated alkanes) is 1.